The lowest BCUT2D eigenvalue weighted by Gasteiger charge is -2.48. The Morgan fingerprint density at radius 1 is 1.19 bits per heavy atom. The van der Waals surface area contributed by atoms with Gasteiger partial charge in [-0.25, -0.2) is 5.09 Å². The van der Waals surface area contributed by atoms with Crippen LogP contribution in [0.4, 0.5) is 0 Å². The number of nitrogens with one attached hydrogen (secondary N) is 1. The minimum absolute atomic E-state index is 0.144. The molecule has 0 aromatic heterocycles. The van der Waals surface area contributed by atoms with Crippen LogP contribution < -0.4 is 24.9 Å². The summed E-state index contributed by atoms with van der Waals surface area (Å²) in [5.41, 5.74) is 2.48. The van der Waals surface area contributed by atoms with Crippen molar-refractivity contribution in [2.75, 3.05) is 13.2 Å². The van der Waals surface area contributed by atoms with Crippen LogP contribution in [0, 0.1) is 17.3 Å². The molecule has 3 aliphatic rings. The van der Waals surface area contributed by atoms with Gasteiger partial charge in [0.05, 0.1) is 25.2 Å². The number of fused-ring (bicyclic) bond motifs is 5. The maximum absolute atomic E-state index is 12.5. The number of carboxylic acid groups (broad SMARTS) is 2. The van der Waals surface area contributed by atoms with Gasteiger partial charge in [0, 0.05) is 24.2 Å². The van der Waals surface area contributed by atoms with Crippen LogP contribution in [0.5, 0.6) is 5.75 Å². The molecule has 11 heteroatoms. The number of rotatable bonds is 12. The predicted molar refractivity (Wildman–Crippen MR) is 126 cm³/mol. The standard InChI is InChI=1S/C26H36NO9P/c1-26-12-11-19-18-6-4-17(15-16(18)3-5-20(19)21(26)7-9-23(26)28)35-13-2-14-36-37(33,34)27-22(25(31)32)8-10-24(29)30/h4,6,15,19-22H,2-3,5,7-14H2,1H3,(H,29,30)(H,31,32)(H2,27,33,34)/p-3/t19-,20-,21+,22+,26+/m1/s1. The molecule has 2 saturated carbocycles. The number of carbonyl (C=O) groups excluding carboxylic acids is 3. The van der Waals surface area contributed by atoms with Crippen molar-refractivity contribution < 1.29 is 43.3 Å². The summed E-state index contributed by atoms with van der Waals surface area (Å²) >= 11 is 0. The van der Waals surface area contributed by atoms with Gasteiger partial charge in [-0.3, -0.25) is 9.36 Å². The van der Waals surface area contributed by atoms with Crippen LogP contribution in [0.3, 0.4) is 0 Å². The monoisotopic (exact) mass is 534 g/mol. The van der Waals surface area contributed by atoms with Gasteiger partial charge in [-0.2, -0.15) is 0 Å². The molecule has 4 rings (SSSR count). The number of aliphatic carboxylic acids is 2. The third kappa shape index (κ3) is 6.25. The summed E-state index contributed by atoms with van der Waals surface area (Å²) in [5, 5.41) is 23.3. The zero-order valence-corrected chi connectivity index (χ0v) is 21.8. The Kier molecular flexibility index (Phi) is 8.43. The van der Waals surface area contributed by atoms with Gasteiger partial charge in [0.2, 0.25) is 7.75 Å². The van der Waals surface area contributed by atoms with E-state index >= 15 is 0 Å². The van der Waals surface area contributed by atoms with Crippen molar-refractivity contribution >= 4 is 25.5 Å². The molecule has 0 amide bonds. The number of ether oxygens (including phenoxy) is 1. The zero-order chi connectivity index (χ0) is 26.8. The number of carbonyl (C=O) groups is 3. The molecule has 2 fully saturated rings. The van der Waals surface area contributed by atoms with Crippen molar-refractivity contribution in [2.24, 2.45) is 17.3 Å². The SMILES string of the molecule is C[C@]12CC[C@@H]3c4ccc(OCCCOP(=O)([O-])N[C@@H](CCC(=O)[O-])C(=O)[O-])cc4CC[C@H]3[C@@H]1CCC2=O. The fourth-order valence-corrected chi connectivity index (χ4v) is 7.64. The molecular formula is C26H33NO9P-3. The first-order valence-electron chi connectivity index (χ1n) is 12.9. The van der Waals surface area contributed by atoms with E-state index < -0.39 is 38.6 Å². The minimum Gasteiger partial charge on any atom is -0.766 e. The first kappa shape index (κ1) is 27.8. The van der Waals surface area contributed by atoms with E-state index in [1.807, 2.05) is 12.1 Å². The molecule has 204 valence electrons. The highest BCUT2D eigenvalue weighted by molar-refractivity contribution is 7.49. The maximum atomic E-state index is 12.5. The Hall–Kier alpha value is -2.26. The Labute approximate surface area is 216 Å². The molecule has 1 aromatic rings. The van der Waals surface area contributed by atoms with E-state index in [0.29, 0.717) is 35.7 Å². The predicted octanol–water partition coefficient (Wildman–Crippen LogP) is 0.604. The highest BCUT2D eigenvalue weighted by Gasteiger charge is 2.54. The molecule has 6 atom stereocenters. The van der Waals surface area contributed by atoms with E-state index in [0.717, 1.165) is 32.1 Å². The van der Waals surface area contributed by atoms with Crippen molar-refractivity contribution in [3.63, 3.8) is 0 Å². The maximum Gasteiger partial charge on any atom is 0.204 e. The summed E-state index contributed by atoms with van der Waals surface area (Å²) < 4.78 is 22.6. The second-order valence-corrected chi connectivity index (χ2v) is 12.1. The molecule has 0 heterocycles. The lowest BCUT2D eigenvalue weighted by molar-refractivity contribution is -0.310. The van der Waals surface area contributed by atoms with Crippen molar-refractivity contribution in [1.29, 1.82) is 0 Å². The molecule has 1 aromatic carbocycles. The summed E-state index contributed by atoms with van der Waals surface area (Å²) in [6.07, 6.45) is 4.81. The van der Waals surface area contributed by atoms with E-state index in [1.54, 1.807) is 5.09 Å². The summed E-state index contributed by atoms with van der Waals surface area (Å²) in [4.78, 5) is 46.0. The van der Waals surface area contributed by atoms with Gasteiger partial charge >= 0.3 is 0 Å². The van der Waals surface area contributed by atoms with Crippen LogP contribution in [0.25, 0.3) is 0 Å². The lowest BCUT2D eigenvalue weighted by Crippen LogP contribution is -2.46. The zero-order valence-electron chi connectivity index (χ0n) is 20.9. The van der Waals surface area contributed by atoms with Gasteiger partial charge in [0.25, 0.3) is 0 Å². The number of aryl methyl sites for hydroxylation is 1. The van der Waals surface area contributed by atoms with Crippen LogP contribution >= 0.6 is 7.75 Å². The fraction of sp³-hybridized carbons (Fsp3) is 0.654. The third-order valence-corrected chi connectivity index (χ3v) is 9.61. The van der Waals surface area contributed by atoms with E-state index in [1.165, 1.54) is 11.1 Å². The van der Waals surface area contributed by atoms with Gasteiger partial charge < -0.3 is 34.0 Å². The summed E-state index contributed by atoms with van der Waals surface area (Å²) in [5.74, 6) is -0.612. The molecule has 37 heavy (non-hydrogen) atoms. The van der Waals surface area contributed by atoms with Gasteiger partial charge in [-0.1, -0.05) is 13.0 Å². The first-order valence-corrected chi connectivity index (χ1v) is 14.5. The Morgan fingerprint density at radius 2 is 1.97 bits per heavy atom. The Bertz CT molecular complexity index is 1090. The second kappa shape index (κ2) is 11.2. The molecule has 0 spiro atoms. The van der Waals surface area contributed by atoms with E-state index in [9.17, 15) is 34.1 Å². The number of carboxylic acids is 2. The van der Waals surface area contributed by atoms with Gasteiger partial charge in [-0.15, -0.1) is 0 Å². The van der Waals surface area contributed by atoms with Crippen LogP contribution in [0.2, 0.25) is 0 Å². The molecule has 0 aliphatic heterocycles. The van der Waals surface area contributed by atoms with E-state index in [4.69, 9.17) is 9.26 Å². The van der Waals surface area contributed by atoms with E-state index in [-0.39, 0.29) is 25.0 Å². The Balaban J connectivity index is 1.25. The average molecular weight is 535 g/mol. The van der Waals surface area contributed by atoms with Crippen molar-refractivity contribution in [2.45, 2.75) is 76.7 Å². The van der Waals surface area contributed by atoms with Crippen LogP contribution in [0.15, 0.2) is 18.2 Å². The average Bonchev–Trinajstić information content (AvgIpc) is 3.15. The highest BCUT2D eigenvalue weighted by atomic mass is 31.2. The molecule has 1 unspecified atom stereocenters. The van der Waals surface area contributed by atoms with Crippen LogP contribution in [0.1, 0.15) is 75.3 Å². The van der Waals surface area contributed by atoms with Gasteiger partial charge in [0.1, 0.15) is 11.5 Å². The number of hydrogen-bond donors (Lipinski definition) is 1. The second-order valence-electron chi connectivity index (χ2n) is 10.6. The summed E-state index contributed by atoms with van der Waals surface area (Å²) in [7, 11) is -4.73. The number of hydrogen-bond acceptors (Lipinski definition) is 9. The largest absolute Gasteiger partial charge is 0.766 e. The van der Waals surface area contributed by atoms with Gasteiger partial charge in [0.15, 0.2) is 0 Å². The molecule has 1 N–H and O–H groups in total. The molecule has 0 saturated heterocycles. The number of benzene rings is 1. The Morgan fingerprint density at radius 3 is 2.70 bits per heavy atom. The van der Waals surface area contributed by atoms with Crippen molar-refractivity contribution in [3.05, 3.63) is 29.3 Å². The van der Waals surface area contributed by atoms with Crippen LogP contribution in [-0.4, -0.2) is 37.0 Å². The van der Waals surface area contributed by atoms with Crippen molar-refractivity contribution in [1.82, 2.24) is 5.09 Å². The fourth-order valence-electron chi connectivity index (χ4n) is 6.58. The normalized spacial score (nSPS) is 28.9. The molecule has 3 aliphatic carbocycles. The van der Waals surface area contributed by atoms with Crippen LogP contribution in [-0.2, 0) is 29.9 Å². The lowest BCUT2D eigenvalue weighted by atomic mass is 9.55. The number of ketones is 1. The van der Waals surface area contributed by atoms with Crippen molar-refractivity contribution in [3.8, 4) is 5.75 Å². The third-order valence-electron chi connectivity index (χ3n) is 8.46. The summed E-state index contributed by atoms with van der Waals surface area (Å²) in [6.45, 7) is 2.13. The molecule has 10 nitrogen and oxygen atoms in total. The minimum atomic E-state index is -4.73. The van der Waals surface area contributed by atoms with Gasteiger partial charge in [-0.05, 0) is 86.0 Å². The molecule has 0 bridgehead atoms. The number of Topliss-reactive ketones (excluding diaryl/α,β-unsaturated/α-hetero) is 1. The highest BCUT2D eigenvalue weighted by Crippen LogP contribution is 2.59. The molecule has 0 radical (unpaired) electrons. The molecular weight excluding hydrogens is 501 g/mol. The smallest absolute Gasteiger partial charge is 0.204 e. The van der Waals surface area contributed by atoms with E-state index in [2.05, 4.69) is 13.0 Å². The topological polar surface area (TPSA) is 168 Å². The summed E-state index contributed by atoms with van der Waals surface area (Å²) in [6, 6.07) is 4.37. The quantitative estimate of drug-likeness (QED) is 0.296. The first-order chi connectivity index (χ1) is 17.5.